The number of carbonyl (C=O) groups is 1. The number of nitrogen functional groups attached to an aromatic ring is 1. The topological polar surface area (TPSA) is 143 Å². The van der Waals surface area contributed by atoms with Gasteiger partial charge in [-0.05, 0) is 37.0 Å². The van der Waals surface area contributed by atoms with Crippen LogP contribution in [0.15, 0.2) is 43.1 Å². The van der Waals surface area contributed by atoms with E-state index in [2.05, 4.69) is 31.6 Å². The molecule has 0 bridgehead atoms. The number of anilines is 2. The molecular weight excluding hydrogens is 420 g/mol. The van der Waals surface area contributed by atoms with Gasteiger partial charge in [-0.2, -0.15) is 15.5 Å². The number of imidazole rings is 1. The summed E-state index contributed by atoms with van der Waals surface area (Å²) in [6.07, 6.45) is 8.01. The van der Waals surface area contributed by atoms with E-state index in [-0.39, 0.29) is 11.9 Å². The largest absolute Gasteiger partial charge is 0.381 e. The standard InChI is InChI=1S/C22H22N10O/c1-14-2-3-17(29-22(33)30-7-5-15(11-30)4-6-23)8-18(14)31-12-16(9-27-31)19-10-25-21-20(24)26-13-28-32(19)21/h2-3,8-10,12-13,15H,4-5,7,11H2,1H3,(H,29,33)(H2,24,26,28). The first kappa shape index (κ1) is 20.4. The van der Waals surface area contributed by atoms with E-state index in [1.165, 1.54) is 6.33 Å². The van der Waals surface area contributed by atoms with Gasteiger partial charge in [0.1, 0.15) is 6.33 Å². The van der Waals surface area contributed by atoms with Crippen molar-refractivity contribution in [3.8, 4) is 23.0 Å². The van der Waals surface area contributed by atoms with E-state index in [1.807, 2.05) is 31.3 Å². The molecule has 0 spiro atoms. The van der Waals surface area contributed by atoms with E-state index < -0.39 is 0 Å². The van der Waals surface area contributed by atoms with Gasteiger partial charge in [0.15, 0.2) is 11.5 Å². The summed E-state index contributed by atoms with van der Waals surface area (Å²) in [4.78, 5) is 22.7. The highest BCUT2D eigenvalue weighted by molar-refractivity contribution is 5.90. The van der Waals surface area contributed by atoms with Gasteiger partial charge in [-0.1, -0.05) is 6.07 Å². The lowest BCUT2D eigenvalue weighted by Gasteiger charge is -2.18. The molecule has 3 aromatic heterocycles. The molecular formula is C22H22N10O. The van der Waals surface area contributed by atoms with Crippen LogP contribution in [0.3, 0.4) is 0 Å². The molecule has 1 fully saturated rings. The average Bonchev–Trinajstić information content (AvgIpc) is 3.55. The Morgan fingerprint density at radius 1 is 1.30 bits per heavy atom. The smallest absolute Gasteiger partial charge is 0.321 e. The van der Waals surface area contributed by atoms with Crippen LogP contribution >= 0.6 is 0 Å². The molecule has 1 atom stereocenters. The van der Waals surface area contributed by atoms with Crippen molar-refractivity contribution in [1.82, 2.24) is 34.3 Å². The minimum absolute atomic E-state index is 0.158. The lowest BCUT2D eigenvalue weighted by Crippen LogP contribution is -2.33. The van der Waals surface area contributed by atoms with Crippen molar-refractivity contribution in [3.05, 3.63) is 48.7 Å². The zero-order chi connectivity index (χ0) is 22.9. The maximum absolute atomic E-state index is 12.7. The molecule has 11 nitrogen and oxygen atoms in total. The number of aromatic nitrogens is 6. The zero-order valence-corrected chi connectivity index (χ0v) is 18.0. The van der Waals surface area contributed by atoms with Gasteiger partial charge in [0, 0.05) is 37.0 Å². The molecule has 1 saturated heterocycles. The lowest BCUT2D eigenvalue weighted by atomic mass is 10.1. The highest BCUT2D eigenvalue weighted by atomic mass is 16.2. The fourth-order valence-corrected chi connectivity index (χ4v) is 4.07. The number of likely N-dealkylation sites (tertiary alicyclic amines) is 1. The fraction of sp³-hybridized carbons (Fsp3) is 0.273. The fourth-order valence-electron chi connectivity index (χ4n) is 4.07. The zero-order valence-electron chi connectivity index (χ0n) is 18.0. The first-order valence-corrected chi connectivity index (χ1v) is 10.6. The predicted molar refractivity (Wildman–Crippen MR) is 121 cm³/mol. The number of nitrogens with zero attached hydrogens (tertiary/aromatic N) is 8. The second-order valence-corrected chi connectivity index (χ2v) is 8.09. The molecule has 1 aromatic carbocycles. The van der Waals surface area contributed by atoms with Gasteiger partial charge in [0.05, 0.1) is 29.8 Å². The number of hydrogen-bond acceptors (Lipinski definition) is 7. The van der Waals surface area contributed by atoms with Gasteiger partial charge in [-0.25, -0.2) is 24.0 Å². The number of benzene rings is 1. The molecule has 1 unspecified atom stereocenters. The Morgan fingerprint density at radius 2 is 2.18 bits per heavy atom. The molecule has 1 aliphatic rings. The van der Waals surface area contributed by atoms with Crippen LogP contribution in [0.25, 0.3) is 22.6 Å². The Morgan fingerprint density at radius 3 is 3.03 bits per heavy atom. The van der Waals surface area contributed by atoms with Crippen molar-refractivity contribution in [2.45, 2.75) is 19.8 Å². The van der Waals surface area contributed by atoms with Gasteiger partial charge in [0.25, 0.3) is 0 Å². The van der Waals surface area contributed by atoms with E-state index in [1.54, 1.807) is 26.5 Å². The molecule has 0 radical (unpaired) electrons. The number of amides is 2. The molecule has 33 heavy (non-hydrogen) atoms. The van der Waals surface area contributed by atoms with Gasteiger partial charge in [-0.15, -0.1) is 0 Å². The van der Waals surface area contributed by atoms with Crippen LogP contribution in [-0.4, -0.2) is 53.4 Å². The molecule has 166 valence electrons. The lowest BCUT2D eigenvalue weighted by molar-refractivity contribution is 0.221. The Balaban J connectivity index is 1.38. The third-order valence-corrected chi connectivity index (χ3v) is 5.87. The average molecular weight is 442 g/mol. The molecule has 2 amide bonds. The maximum atomic E-state index is 12.7. The van der Waals surface area contributed by atoms with Crippen molar-refractivity contribution in [1.29, 1.82) is 5.26 Å². The van der Waals surface area contributed by atoms with E-state index in [4.69, 9.17) is 11.0 Å². The minimum atomic E-state index is -0.158. The van der Waals surface area contributed by atoms with Crippen molar-refractivity contribution < 1.29 is 4.79 Å². The number of nitrogens with two attached hydrogens (primary N) is 1. The van der Waals surface area contributed by atoms with Gasteiger partial charge < -0.3 is 16.0 Å². The Bertz CT molecular complexity index is 1380. The number of hydrogen-bond donors (Lipinski definition) is 2. The van der Waals surface area contributed by atoms with Crippen LogP contribution in [0, 0.1) is 24.2 Å². The van der Waals surface area contributed by atoms with Crippen LogP contribution in [0.1, 0.15) is 18.4 Å². The molecule has 4 aromatic rings. The van der Waals surface area contributed by atoms with Crippen LogP contribution in [0.2, 0.25) is 0 Å². The summed E-state index contributed by atoms with van der Waals surface area (Å²) >= 11 is 0. The highest BCUT2D eigenvalue weighted by Gasteiger charge is 2.26. The predicted octanol–water partition coefficient (Wildman–Crippen LogP) is 2.64. The van der Waals surface area contributed by atoms with E-state index in [9.17, 15) is 4.79 Å². The van der Waals surface area contributed by atoms with Gasteiger partial charge in [-0.3, -0.25) is 0 Å². The minimum Gasteiger partial charge on any atom is -0.381 e. The van der Waals surface area contributed by atoms with Crippen molar-refractivity contribution in [3.63, 3.8) is 0 Å². The molecule has 11 heteroatoms. The number of fused-ring (bicyclic) bond motifs is 1. The van der Waals surface area contributed by atoms with E-state index in [0.717, 1.165) is 28.9 Å². The summed E-state index contributed by atoms with van der Waals surface area (Å²) in [5.41, 5.74) is 10.4. The van der Waals surface area contributed by atoms with Crippen molar-refractivity contribution in [2.24, 2.45) is 5.92 Å². The SMILES string of the molecule is Cc1ccc(NC(=O)N2CCC(CC#N)C2)cc1-n1cc(-c2cnc3c(N)ncnn23)cn1. The van der Waals surface area contributed by atoms with Crippen LogP contribution in [0.4, 0.5) is 16.3 Å². The molecule has 3 N–H and O–H groups in total. The maximum Gasteiger partial charge on any atom is 0.321 e. The number of carbonyl (C=O) groups excluding carboxylic acids is 1. The summed E-state index contributed by atoms with van der Waals surface area (Å²) in [6.45, 7) is 3.25. The second kappa shape index (κ2) is 8.23. The third kappa shape index (κ3) is 3.82. The summed E-state index contributed by atoms with van der Waals surface area (Å²) < 4.78 is 3.38. The van der Waals surface area contributed by atoms with Crippen LogP contribution in [0.5, 0.6) is 0 Å². The Kier molecular flexibility index (Phi) is 5.10. The summed E-state index contributed by atoms with van der Waals surface area (Å²) in [5, 5.41) is 20.6. The number of nitriles is 1. The quantitative estimate of drug-likeness (QED) is 0.494. The number of rotatable bonds is 4. The highest BCUT2D eigenvalue weighted by Crippen LogP contribution is 2.25. The number of nitrogens with one attached hydrogen (secondary N) is 1. The molecule has 4 heterocycles. The number of urea groups is 1. The molecule has 0 saturated carbocycles. The van der Waals surface area contributed by atoms with Crippen LogP contribution in [-0.2, 0) is 0 Å². The summed E-state index contributed by atoms with van der Waals surface area (Å²) in [5.74, 6) is 0.553. The second-order valence-electron chi connectivity index (χ2n) is 8.09. The van der Waals surface area contributed by atoms with Gasteiger partial charge in [0.2, 0.25) is 0 Å². The Hall–Kier alpha value is -4.46. The molecule has 1 aliphatic heterocycles. The van der Waals surface area contributed by atoms with Gasteiger partial charge >= 0.3 is 6.03 Å². The molecule has 0 aliphatic carbocycles. The third-order valence-electron chi connectivity index (χ3n) is 5.87. The summed E-state index contributed by atoms with van der Waals surface area (Å²) in [6, 6.07) is 7.73. The van der Waals surface area contributed by atoms with Crippen molar-refractivity contribution in [2.75, 3.05) is 24.1 Å². The Labute approximate surface area is 189 Å². The molecule has 5 rings (SSSR count). The summed E-state index contributed by atoms with van der Waals surface area (Å²) in [7, 11) is 0. The van der Waals surface area contributed by atoms with E-state index >= 15 is 0 Å². The van der Waals surface area contributed by atoms with Crippen LogP contribution < -0.4 is 11.1 Å². The van der Waals surface area contributed by atoms with Crippen molar-refractivity contribution >= 4 is 23.2 Å². The first-order valence-electron chi connectivity index (χ1n) is 10.6. The number of aryl methyl sites for hydroxylation is 1. The normalized spacial score (nSPS) is 15.6. The first-order chi connectivity index (χ1) is 16.0. The monoisotopic (exact) mass is 442 g/mol. The van der Waals surface area contributed by atoms with E-state index in [0.29, 0.717) is 36.7 Å².